The molecule has 1 amide bonds. The van der Waals surface area contributed by atoms with Gasteiger partial charge in [-0.3, -0.25) is 4.79 Å². The number of nitrogens with one attached hydrogen (secondary N) is 3. The molecule has 1 aliphatic rings. The van der Waals surface area contributed by atoms with Crippen LogP contribution in [-0.2, 0) is 4.74 Å². The molecule has 0 spiro atoms. The number of hydrogen-bond acceptors (Lipinski definition) is 5. The van der Waals surface area contributed by atoms with E-state index in [4.69, 9.17) is 10.1 Å². The van der Waals surface area contributed by atoms with Crippen LogP contribution in [0.4, 0.5) is 10.1 Å². The van der Waals surface area contributed by atoms with Crippen molar-refractivity contribution in [3.05, 3.63) is 76.9 Å². The highest BCUT2D eigenvalue weighted by atomic mass is 19.1. The summed E-state index contributed by atoms with van der Waals surface area (Å²) in [6.45, 7) is 5.83. The summed E-state index contributed by atoms with van der Waals surface area (Å²) in [7, 11) is 0. The molecule has 1 aliphatic heterocycles. The van der Waals surface area contributed by atoms with Crippen LogP contribution < -0.4 is 10.6 Å². The molecule has 3 N–H and O–H groups in total. The first kappa shape index (κ1) is 21.2. The Morgan fingerprint density at radius 1 is 1.27 bits per heavy atom. The average molecular weight is 408 g/mol. The van der Waals surface area contributed by atoms with E-state index in [9.17, 15) is 9.18 Å². The molecule has 6 nitrogen and oxygen atoms in total. The van der Waals surface area contributed by atoms with Gasteiger partial charge >= 0.3 is 0 Å². The molecule has 7 heteroatoms. The zero-order valence-corrected chi connectivity index (χ0v) is 17.3. The molecule has 3 rings (SSSR count). The minimum Gasteiger partial charge on any atom is -0.479 e. The highest BCUT2D eigenvalue weighted by molar-refractivity contribution is 6.02. The van der Waals surface area contributed by atoms with Crippen molar-refractivity contribution in [1.82, 2.24) is 5.32 Å². The number of aliphatic imine (C=N–C) groups is 1. The van der Waals surface area contributed by atoms with E-state index in [0.717, 1.165) is 5.56 Å². The smallest absolute Gasteiger partial charge is 0.251 e. The van der Waals surface area contributed by atoms with Crippen LogP contribution in [0.2, 0.25) is 0 Å². The molecule has 0 bridgehead atoms. The number of amides is 1. The lowest BCUT2D eigenvalue weighted by Crippen LogP contribution is -2.44. The van der Waals surface area contributed by atoms with Gasteiger partial charge < -0.3 is 20.8 Å². The number of carbonyl (C=O) groups is 1. The Kier molecular flexibility index (Phi) is 6.61. The number of benzene rings is 2. The molecule has 156 valence electrons. The zero-order valence-electron chi connectivity index (χ0n) is 17.3. The standard InChI is InChI=1S/C23H25FN4O2/c1-4-30-23-20(27-22(29)16-7-5-6-14(2)12-16)13-19(15(3)25)21(28-23)26-18-10-8-17(24)9-11-18/h5-12,20,25-26H,4,13H2,1-3H3,(H,27,29). The van der Waals surface area contributed by atoms with E-state index in [1.54, 1.807) is 25.1 Å². The Morgan fingerprint density at radius 3 is 2.63 bits per heavy atom. The van der Waals surface area contributed by atoms with Crippen LogP contribution in [0.3, 0.4) is 0 Å². The SMILES string of the molecule is CCOC1=NC(Nc2ccc(F)cc2)=C(C(C)=N)CC1NC(=O)c1cccc(C)c1. The summed E-state index contributed by atoms with van der Waals surface area (Å²) >= 11 is 0. The normalized spacial score (nSPS) is 16.0. The van der Waals surface area contributed by atoms with Crippen LogP contribution in [0.15, 0.2) is 64.9 Å². The second-order valence-electron chi connectivity index (χ2n) is 7.07. The highest BCUT2D eigenvalue weighted by Crippen LogP contribution is 2.24. The van der Waals surface area contributed by atoms with E-state index < -0.39 is 6.04 Å². The molecular weight excluding hydrogens is 383 g/mol. The van der Waals surface area contributed by atoms with E-state index in [1.165, 1.54) is 12.1 Å². The summed E-state index contributed by atoms with van der Waals surface area (Å²) in [4.78, 5) is 17.3. The second-order valence-corrected chi connectivity index (χ2v) is 7.07. The highest BCUT2D eigenvalue weighted by Gasteiger charge is 2.29. The first-order chi connectivity index (χ1) is 14.4. The number of nitrogens with zero attached hydrogens (tertiary/aromatic N) is 1. The van der Waals surface area contributed by atoms with E-state index in [2.05, 4.69) is 15.6 Å². The summed E-state index contributed by atoms with van der Waals surface area (Å²) in [5, 5.41) is 14.3. The predicted octanol–water partition coefficient (Wildman–Crippen LogP) is 4.43. The van der Waals surface area contributed by atoms with Gasteiger partial charge in [-0.2, -0.15) is 4.99 Å². The second kappa shape index (κ2) is 9.35. The quantitative estimate of drug-likeness (QED) is 0.618. The van der Waals surface area contributed by atoms with Crippen molar-refractivity contribution in [3.8, 4) is 0 Å². The number of halogens is 1. The van der Waals surface area contributed by atoms with Crippen molar-refractivity contribution in [2.45, 2.75) is 33.2 Å². The number of hydrogen-bond donors (Lipinski definition) is 3. The molecule has 2 aromatic rings. The van der Waals surface area contributed by atoms with Gasteiger partial charge in [-0.25, -0.2) is 4.39 Å². The Hall–Kier alpha value is -3.48. The average Bonchev–Trinajstić information content (AvgIpc) is 2.71. The van der Waals surface area contributed by atoms with Crippen molar-refractivity contribution in [2.24, 2.45) is 4.99 Å². The first-order valence-electron chi connectivity index (χ1n) is 9.77. The van der Waals surface area contributed by atoms with E-state index in [1.807, 2.05) is 32.0 Å². The zero-order chi connectivity index (χ0) is 21.7. The Balaban J connectivity index is 1.87. The molecule has 0 saturated carbocycles. The molecule has 0 saturated heterocycles. The van der Waals surface area contributed by atoms with E-state index in [-0.39, 0.29) is 11.7 Å². The maximum Gasteiger partial charge on any atom is 0.251 e. The van der Waals surface area contributed by atoms with Crippen molar-refractivity contribution in [2.75, 3.05) is 11.9 Å². The van der Waals surface area contributed by atoms with Gasteiger partial charge in [0, 0.05) is 29.0 Å². The summed E-state index contributed by atoms with van der Waals surface area (Å²) in [5.74, 6) is 0.263. The third-order valence-electron chi connectivity index (χ3n) is 4.65. The number of rotatable bonds is 6. The van der Waals surface area contributed by atoms with Crippen LogP contribution >= 0.6 is 0 Å². The van der Waals surface area contributed by atoms with Crippen molar-refractivity contribution < 1.29 is 13.9 Å². The lowest BCUT2D eigenvalue weighted by molar-refractivity contribution is 0.0941. The van der Waals surface area contributed by atoms with E-state index >= 15 is 0 Å². The van der Waals surface area contributed by atoms with Gasteiger partial charge in [0.25, 0.3) is 5.91 Å². The fraction of sp³-hybridized carbons (Fsp3) is 0.261. The molecule has 2 aromatic carbocycles. The fourth-order valence-electron chi connectivity index (χ4n) is 3.17. The van der Waals surface area contributed by atoms with Crippen molar-refractivity contribution in [1.29, 1.82) is 5.41 Å². The predicted molar refractivity (Wildman–Crippen MR) is 117 cm³/mol. The Labute approximate surface area is 175 Å². The Bertz CT molecular complexity index is 1010. The summed E-state index contributed by atoms with van der Waals surface area (Å²) in [5.41, 5.74) is 3.17. The monoisotopic (exact) mass is 408 g/mol. The van der Waals surface area contributed by atoms with Crippen LogP contribution in [-0.4, -0.2) is 30.2 Å². The number of ether oxygens (including phenoxy) is 1. The third kappa shape index (κ3) is 5.11. The van der Waals surface area contributed by atoms with Crippen LogP contribution in [0.1, 0.15) is 36.2 Å². The van der Waals surface area contributed by atoms with Gasteiger partial charge in [-0.15, -0.1) is 0 Å². The molecule has 30 heavy (non-hydrogen) atoms. The van der Waals surface area contributed by atoms with Crippen LogP contribution in [0.25, 0.3) is 0 Å². The Morgan fingerprint density at radius 2 is 2.00 bits per heavy atom. The minimum atomic E-state index is -0.493. The largest absolute Gasteiger partial charge is 0.479 e. The van der Waals surface area contributed by atoms with Gasteiger partial charge in [0.1, 0.15) is 17.7 Å². The number of anilines is 1. The van der Waals surface area contributed by atoms with Gasteiger partial charge in [0.05, 0.1) is 6.61 Å². The molecule has 0 radical (unpaired) electrons. The molecular formula is C23H25FN4O2. The van der Waals surface area contributed by atoms with Crippen molar-refractivity contribution >= 4 is 23.2 Å². The number of aryl methyl sites for hydroxylation is 1. The summed E-state index contributed by atoms with van der Waals surface area (Å²) in [6, 6.07) is 12.7. The topological polar surface area (TPSA) is 86.6 Å². The van der Waals surface area contributed by atoms with Crippen molar-refractivity contribution in [3.63, 3.8) is 0 Å². The van der Waals surface area contributed by atoms with Gasteiger partial charge in [-0.1, -0.05) is 17.7 Å². The van der Waals surface area contributed by atoms with Crippen LogP contribution in [0.5, 0.6) is 0 Å². The molecule has 1 heterocycles. The molecule has 0 fully saturated rings. The molecule has 0 aromatic heterocycles. The molecule has 1 unspecified atom stereocenters. The lowest BCUT2D eigenvalue weighted by atomic mass is 9.98. The lowest BCUT2D eigenvalue weighted by Gasteiger charge is -2.27. The number of carbonyl (C=O) groups excluding carboxylic acids is 1. The maximum absolute atomic E-state index is 13.2. The first-order valence-corrected chi connectivity index (χ1v) is 9.77. The van der Waals surface area contributed by atoms with E-state index in [0.29, 0.717) is 47.3 Å². The molecule has 0 aliphatic carbocycles. The van der Waals surface area contributed by atoms with Gasteiger partial charge in [-0.05, 0) is 57.2 Å². The molecule has 1 atom stereocenters. The fourth-order valence-corrected chi connectivity index (χ4v) is 3.17. The minimum absolute atomic E-state index is 0.229. The maximum atomic E-state index is 13.2. The summed E-state index contributed by atoms with van der Waals surface area (Å²) in [6.07, 6.45) is 0.356. The van der Waals surface area contributed by atoms with Gasteiger partial charge in [0.15, 0.2) is 0 Å². The van der Waals surface area contributed by atoms with Crippen LogP contribution in [0, 0.1) is 18.2 Å². The van der Waals surface area contributed by atoms with Gasteiger partial charge in [0.2, 0.25) is 5.90 Å². The summed E-state index contributed by atoms with van der Waals surface area (Å²) < 4.78 is 18.9. The third-order valence-corrected chi connectivity index (χ3v) is 4.65.